The summed E-state index contributed by atoms with van der Waals surface area (Å²) in [4.78, 5) is 16.4. The van der Waals surface area contributed by atoms with Gasteiger partial charge in [0.2, 0.25) is 0 Å². The third kappa shape index (κ3) is 1.88. The van der Waals surface area contributed by atoms with E-state index in [1.165, 1.54) is 0 Å². The van der Waals surface area contributed by atoms with Crippen molar-refractivity contribution in [3.05, 3.63) is 42.2 Å². The molecule has 3 heterocycles. The van der Waals surface area contributed by atoms with E-state index in [2.05, 4.69) is 25.4 Å². The van der Waals surface area contributed by atoms with Crippen LogP contribution in [-0.4, -0.2) is 32.4 Å². The van der Waals surface area contributed by atoms with E-state index in [0.717, 1.165) is 22.5 Å². The largest absolute Gasteiger partial charge is 0.294 e. The first-order valence-electron chi connectivity index (χ1n) is 6.56. The maximum absolute atomic E-state index is 12.1. The molecule has 6 heteroatoms. The fourth-order valence-corrected chi connectivity index (χ4v) is 2.51. The molecule has 0 aliphatic carbocycles. The number of rotatable bonds is 2. The number of H-pyrrole nitrogens is 2. The lowest BCUT2D eigenvalue weighted by Crippen LogP contribution is -2.05. The van der Waals surface area contributed by atoms with Crippen molar-refractivity contribution >= 4 is 17.7 Å². The minimum absolute atomic E-state index is 0.0805. The molecule has 4 rings (SSSR count). The Morgan fingerprint density at radius 1 is 0.905 bits per heavy atom. The second-order valence-corrected chi connectivity index (χ2v) is 4.79. The molecule has 1 aliphatic rings. The molecule has 0 fully saturated rings. The zero-order chi connectivity index (χ0) is 14.2. The summed E-state index contributed by atoms with van der Waals surface area (Å²) in [7, 11) is 0. The van der Waals surface area contributed by atoms with E-state index in [-0.39, 0.29) is 5.78 Å². The van der Waals surface area contributed by atoms with Crippen molar-refractivity contribution in [2.75, 3.05) is 0 Å². The van der Waals surface area contributed by atoms with E-state index in [0.29, 0.717) is 17.7 Å². The summed E-state index contributed by atoms with van der Waals surface area (Å²) >= 11 is 0. The lowest BCUT2D eigenvalue weighted by atomic mass is 9.94. The highest BCUT2D eigenvalue weighted by molar-refractivity contribution is 6.11. The van der Waals surface area contributed by atoms with E-state index in [9.17, 15) is 4.79 Å². The Morgan fingerprint density at radius 3 is 2.19 bits per heavy atom. The van der Waals surface area contributed by atoms with E-state index in [1.54, 1.807) is 18.6 Å². The van der Waals surface area contributed by atoms with Gasteiger partial charge in [0.05, 0.1) is 17.1 Å². The Labute approximate surface area is 119 Å². The predicted octanol–water partition coefficient (Wildman–Crippen LogP) is 2.76. The van der Waals surface area contributed by atoms with Crippen molar-refractivity contribution in [2.45, 2.75) is 6.42 Å². The number of hydrogen-bond acceptors (Lipinski definition) is 4. The van der Waals surface area contributed by atoms with Gasteiger partial charge in [-0.15, -0.1) is 0 Å². The molecule has 1 aliphatic heterocycles. The second kappa shape index (κ2) is 4.52. The molecule has 0 saturated heterocycles. The highest BCUT2D eigenvalue weighted by atomic mass is 16.1. The summed E-state index contributed by atoms with van der Waals surface area (Å²) in [5, 5.41) is 13.9. The molecule has 0 atom stereocenters. The van der Waals surface area contributed by atoms with Crippen LogP contribution in [-0.2, 0) is 0 Å². The van der Waals surface area contributed by atoms with Gasteiger partial charge in [0.25, 0.3) is 0 Å². The lowest BCUT2D eigenvalue weighted by Gasteiger charge is -2.14. The van der Waals surface area contributed by atoms with Crippen LogP contribution >= 0.6 is 0 Å². The van der Waals surface area contributed by atoms with Crippen LogP contribution in [0.25, 0.3) is 22.5 Å². The Hall–Kier alpha value is -3.02. The SMILES string of the molecule is O=C1CC=Nc2cc(-c3ccn[nH]3)c(-c3ccn[nH]3)cc21. The monoisotopic (exact) mass is 277 g/mol. The standard InChI is InChI=1S/C15H11N5O/c21-15-3-4-16-14-8-10(13-2-6-18-20-13)9(7-11(14)15)12-1-5-17-19-12/h1-2,4-8H,3H2,(H,17,19)(H,18,20). The average molecular weight is 277 g/mol. The average Bonchev–Trinajstić information content (AvgIpc) is 3.20. The Bertz CT molecular complexity index is 831. The highest BCUT2D eigenvalue weighted by Gasteiger charge is 2.20. The highest BCUT2D eigenvalue weighted by Crippen LogP contribution is 2.37. The summed E-state index contributed by atoms with van der Waals surface area (Å²) < 4.78 is 0. The summed E-state index contributed by atoms with van der Waals surface area (Å²) in [6.07, 6.45) is 5.38. The third-order valence-corrected chi connectivity index (χ3v) is 3.53. The Morgan fingerprint density at radius 2 is 1.57 bits per heavy atom. The quantitative estimate of drug-likeness (QED) is 0.755. The van der Waals surface area contributed by atoms with Crippen molar-refractivity contribution in [1.82, 2.24) is 20.4 Å². The lowest BCUT2D eigenvalue weighted by molar-refractivity contribution is 0.100. The van der Waals surface area contributed by atoms with E-state index >= 15 is 0 Å². The number of aromatic amines is 2. The first-order chi connectivity index (χ1) is 10.3. The number of nitrogens with one attached hydrogen (secondary N) is 2. The van der Waals surface area contributed by atoms with Gasteiger partial charge in [0, 0.05) is 41.7 Å². The molecular formula is C15H11N5O. The zero-order valence-corrected chi connectivity index (χ0v) is 11.0. The topological polar surface area (TPSA) is 86.8 Å². The van der Waals surface area contributed by atoms with Gasteiger partial charge in [-0.25, -0.2) is 0 Å². The Kier molecular flexibility index (Phi) is 2.53. The number of nitrogens with zero attached hydrogens (tertiary/aromatic N) is 3. The molecule has 0 bridgehead atoms. The van der Waals surface area contributed by atoms with Gasteiger partial charge in [0.15, 0.2) is 5.78 Å². The smallest absolute Gasteiger partial charge is 0.170 e. The van der Waals surface area contributed by atoms with Crippen molar-refractivity contribution in [3.63, 3.8) is 0 Å². The maximum Gasteiger partial charge on any atom is 0.170 e. The molecule has 0 spiro atoms. The number of fused-ring (bicyclic) bond motifs is 1. The summed E-state index contributed by atoms with van der Waals surface area (Å²) in [6.45, 7) is 0. The van der Waals surface area contributed by atoms with Crippen LogP contribution in [0, 0.1) is 0 Å². The van der Waals surface area contributed by atoms with Crippen molar-refractivity contribution in [3.8, 4) is 22.5 Å². The first kappa shape index (κ1) is 11.8. The number of aliphatic imine (C=N–C) groups is 1. The van der Waals surface area contributed by atoms with Gasteiger partial charge in [-0.05, 0) is 24.3 Å². The molecule has 0 radical (unpaired) electrons. The molecule has 3 aromatic rings. The molecule has 102 valence electrons. The molecule has 0 amide bonds. The number of hydrogen-bond donors (Lipinski definition) is 2. The number of carbonyl (C=O) groups excluding carboxylic acids is 1. The fourth-order valence-electron chi connectivity index (χ4n) is 2.51. The number of benzene rings is 1. The van der Waals surface area contributed by atoms with Crippen molar-refractivity contribution in [2.24, 2.45) is 4.99 Å². The summed E-state index contributed by atoms with van der Waals surface area (Å²) in [5.41, 5.74) is 4.90. The van der Waals surface area contributed by atoms with Gasteiger partial charge in [-0.3, -0.25) is 20.0 Å². The molecule has 6 nitrogen and oxygen atoms in total. The first-order valence-corrected chi connectivity index (χ1v) is 6.56. The number of Topliss-reactive ketones (excluding diaryl/α,β-unsaturated/α-hetero) is 1. The van der Waals surface area contributed by atoms with E-state index < -0.39 is 0 Å². The molecule has 21 heavy (non-hydrogen) atoms. The van der Waals surface area contributed by atoms with Gasteiger partial charge in [-0.1, -0.05) is 0 Å². The van der Waals surface area contributed by atoms with Crippen LogP contribution in [0.1, 0.15) is 16.8 Å². The third-order valence-electron chi connectivity index (χ3n) is 3.53. The van der Waals surface area contributed by atoms with Crippen LogP contribution in [0.15, 0.2) is 41.7 Å². The van der Waals surface area contributed by atoms with Gasteiger partial charge < -0.3 is 0 Å². The summed E-state index contributed by atoms with van der Waals surface area (Å²) in [6, 6.07) is 7.54. The van der Waals surface area contributed by atoms with Gasteiger partial charge >= 0.3 is 0 Å². The van der Waals surface area contributed by atoms with Crippen LogP contribution in [0.4, 0.5) is 5.69 Å². The second-order valence-electron chi connectivity index (χ2n) is 4.79. The van der Waals surface area contributed by atoms with Crippen LogP contribution in [0.5, 0.6) is 0 Å². The van der Waals surface area contributed by atoms with Crippen molar-refractivity contribution in [1.29, 1.82) is 0 Å². The minimum atomic E-state index is 0.0805. The van der Waals surface area contributed by atoms with Crippen LogP contribution < -0.4 is 0 Å². The van der Waals surface area contributed by atoms with Crippen molar-refractivity contribution < 1.29 is 4.79 Å². The molecule has 1 aromatic carbocycles. The fraction of sp³-hybridized carbons (Fsp3) is 0.0667. The summed E-state index contributed by atoms with van der Waals surface area (Å²) in [5.74, 6) is 0.0805. The maximum atomic E-state index is 12.1. The number of aromatic nitrogens is 4. The van der Waals surface area contributed by atoms with E-state index in [1.807, 2.05) is 24.3 Å². The predicted molar refractivity (Wildman–Crippen MR) is 78.7 cm³/mol. The number of carbonyl (C=O) groups is 1. The van der Waals surface area contributed by atoms with Gasteiger partial charge in [-0.2, -0.15) is 10.2 Å². The van der Waals surface area contributed by atoms with Crippen LogP contribution in [0.3, 0.4) is 0 Å². The minimum Gasteiger partial charge on any atom is -0.294 e. The van der Waals surface area contributed by atoms with Crippen LogP contribution in [0.2, 0.25) is 0 Å². The molecule has 0 saturated carbocycles. The normalized spacial score (nSPS) is 13.4. The molecule has 0 unspecified atom stereocenters. The van der Waals surface area contributed by atoms with Gasteiger partial charge in [0.1, 0.15) is 0 Å². The Balaban J connectivity index is 2.01. The zero-order valence-electron chi connectivity index (χ0n) is 11.0. The molecule has 2 N–H and O–H groups in total. The molecular weight excluding hydrogens is 266 g/mol. The van der Waals surface area contributed by atoms with E-state index in [4.69, 9.17) is 0 Å². The number of ketones is 1. The molecule has 2 aromatic heterocycles.